The molecule has 25 heavy (non-hydrogen) atoms. The standard InChI is InChI=1S/C21H23NO3/c1-16(19-11-12-21(25-19)17-7-3-2-4-8-17)22-15-18-9-5-6-10-20(18)24-14-13-23/h2-12,16,22-23H,13-15H2,1H3. The number of para-hydroxylation sites is 1. The molecule has 3 aromatic rings. The molecule has 2 N–H and O–H groups in total. The number of ether oxygens (including phenoxy) is 1. The topological polar surface area (TPSA) is 54.6 Å². The van der Waals surface area contributed by atoms with Crippen LogP contribution >= 0.6 is 0 Å². The van der Waals surface area contributed by atoms with E-state index in [0.717, 1.165) is 28.4 Å². The van der Waals surface area contributed by atoms with E-state index in [-0.39, 0.29) is 12.6 Å². The Bertz CT molecular complexity index is 783. The second kappa shape index (κ2) is 8.51. The summed E-state index contributed by atoms with van der Waals surface area (Å²) in [5, 5.41) is 12.4. The molecule has 1 unspecified atom stereocenters. The van der Waals surface area contributed by atoms with Crippen LogP contribution in [0.3, 0.4) is 0 Å². The van der Waals surface area contributed by atoms with Crippen molar-refractivity contribution in [2.75, 3.05) is 13.2 Å². The van der Waals surface area contributed by atoms with Crippen LogP contribution in [0, 0.1) is 0 Å². The average Bonchev–Trinajstić information content (AvgIpc) is 3.16. The van der Waals surface area contributed by atoms with Gasteiger partial charge in [-0.05, 0) is 25.1 Å². The predicted molar refractivity (Wildman–Crippen MR) is 98.4 cm³/mol. The minimum atomic E-state index is 0.00677. The number of rotatable bonds is 8. The summed E-state index contributed by atoms with van der Waals surface area (Å²) in [7, 11) is 0. The summed E-state index contributed by atoms with van der Waals surface area (Å²) < 4.78 is 11.6. The van der Waals surface area contributed by atoms with Crippen LogP contribution in [-0.4, -0.2) is 18.3 Å². The number of hydrogen-bond donors (Lipinski definition) is 2. The van der Waals surface area contributed by atoms with Crippen LogP contribution in [-0.2, 0) is 6.54 Å². The Morgan fingerprint density at radius 1 is 1.00 bits per heavy atom. The molecule has 0 aliphatic carbocycles. The fourth-order valence-corrected chi connectivity index (χ4v) is 2.65. The molecule has 0 radical (unpaired) electrons. The first-order valence-electron chi connectivity index (χ1n) is 8.48. The van der Waals surface area contributed by atoms with Crippen LogP contribution in [0.5, 0.6) is 5.75 Å². The van der Waals surface area contributed by atoms with Gasteiger partial charge in [0.2, 0.25) is 0 Å². The number of aliphatic hydroxyl groups excluding tert-OH is 1. The molecule has 3 rings (SSSR count). The molecule has 1 aromatic heterocycles. The summed E-state index contributed by atoms with van der Waals surface area (Å²) in [5.74, 6) is 2.56. The van der Waals surface area contributed by atoms with Gasteiger partial charge in [0.15, 0.2) is 0 Å². The Labute approximate surface area is 148 Å². The largest absolute Gasteiger partial charge is 0.491 e. The van der Waals surface area contributed by atoms with Crippen molar-refractivity contribution in [3.63, 3.8) is 0 Å². The zero-order valence-corrected chi connectivity index (χ0v) is 14.3. The Balaban J connectivity index is 1.64. The molecule has 4 nitrogen and oxygen atoms in total. The van der Waals surface area contributed by atoms with Crippen LogP contribution in [0.2, 0.25) is 0 Å². The molecular weight excluding hydrogens is 314 g/mol. The molecule has 0 saturated heterocycles. The molecule has 0 amide bonds. The van der Waals surface area contributed by atoms with Crippen LogP contribution in [0.4, 0.5) is 0 Å². The van der Waals surface area contributed by atoms with Crippen molar-refractivity contribution in [3.8, 4) is 17.1 Å². The minimum Gasteiger partial charge on any atom is -0.491 e. The summed E-state index contributed by atoms with van der Waals surface area (Å²) in [4.78, 5) is 0. The van der Waals surface area contributed by atoms with Gasteiger partial charge in [-0.1, -0.05) is 48.5 Å². The van der Waals surface area contributed by atoms with Gasteiger partial charge in [-0.2, -0.15) is 0 Å². The maximum Gasteiger partial charge on any atom is 0.134 e. The van der Waals surface area contributed by atoms with Crippen molar-refractivity contribution in [1.82, 2.24) is 5.32 Å². The van der Waals surface area contributed by atoms with Crippen LogP contribution in [0.15, 0.2) is 71.1 Å². The van der Waals surface area contributed by atoms with Crippen LogP contribution in [0.1, 0.15) is 24.3 Å². The van der Waals surface area contributed by atoms with Gasteiger partial charge < -0.3 is 19.6 Å². The smallest absolute Gasteiger partial charge is 0.134 e. The molecule has 1 heterocycles. The molecule has 1 atom stereocenters. The molecule has 130 valence electrons. The first-order chi connectivity index (χ1) is 12.3. The van der Waals surface area contributed by atoms with E-state index in [9.17, 15) is 0 Å². The molecule has 0 aliphatic heterocycles. The summed E-state index contributed by atoms with van der Waals surface area (Å²) in [5.41, 5.74) is 2.13. The SMILES string of the molecule is CC(NCc1ccccc1OCCO)c1ccc(-c2ccccc2)o1. The number of furan rings is 1. The van der Waals surface area contributed by atoms with Crippen molar-refractivity contribution in [2.24, 2.45) is 0 Å². The first-order valence-corrected chi connectivity index (χ1v) is 8.48. The monoisotopic (exact) mass is 337 g/mol. The maximum atomic E-state index is 8.93. The zero-order chi connectivity index (χ0) is 17.5. The van der Waals surface area contributed by atoms with Gasteiger partial charge in [-0.15, -0.1) is 0 Å². The molecule has 4 heteroatoms. The van der Waals surface area contributed by atoms with Gasteiger partial charge in [0.05, 0.1) is 12.6 Å². The zero-order valence-electron chi connectivity index (χ0n) is 14.3. The highest BCUT2D eigenvalue weighted by atomic mass is 16.5. The average molecular weight is 337 g/mol. The Morgan fingerprint density at radius 2 is 1.76 bits per heavy atom. The lowest BCUT2D eigenvalue weighted by Gasteiger charge is -2.14. The third-order valence-electron chi connectivity index (χ3n) is 4.03. The molecule has 0 fully saturated rings. The highest BCUT2D eigenvalue weighted by Crippen LogP contribution is 2.26. The molecule has 2 aromatic carbocycles. The van der Waals surface area contributed by atoms with E-state index in [2.05, 4.69) is 12.2 Å². The molecule has 0 aliphatic rings. The van der Waals surface area contributed by atoms with Gasteiger partial charge in [0.1, 0.15) is 23.9 Å². The highest BCUT2D eigenvalue weighted by molar-refractivity contribution is 5.57. The van der Waals surface area contributed by atoms with E-state index in [4.69, 9.17) is 14.3 Å². The predicted octanol–water partition coefficient (Wildman–Crippen LogP) is 4.17. The van der Waals surface area contributed by atoms with Gasteiger partial charge in [-0.25, -0.2) is 0 Å². The lowest BCUT2D eigenvalue weighted by atomic mass is 10.1. The second-order valence-corrected chi connectivity index (χ2v) is 5.85. The summed E-state index contributed by atoms with van der Waals surface area (Å²) >= 11 is 0. The summed E-state index contributed by atoms with van der Waals surface area (Å²) in [6, 6.07) is 22.0. The van der Waals surface area contributed by atoms with Gasteiger partial charge in [-0.3, -0.25) is 0 Å². The van der Waals surface area contributed by atoms with Crippen molar-refractivity contribution in [3.05, 3.63) is 78.1 Å². The lowest BCUT2D eigenvalue weighted by molar-refractivity contribution is 0.200. The fourth-order valence-electron chi connectivity index (χ4n) is 2.65. The van der Waals surface area contributed by atoms with E-state index in [1.54, 1.807) is 0 Å². The van der Waals surface area contributed by atoms with Crippen LogP contribution in [0.25, 0.3) is 11.3 Å². The van der Waals surface area contributed by atoms with E-state index in [1.165, 1.54) is 0 Å². The van der Waals surface area contributed by atoms with Crippen LogP contribution < -0.4 is 10.1 Å². The Hall–Kier alpha value is -2.56. The Kier molecular flexibility index (Phi) is 5.88. The van der Waals surface area contributed by atoms with E-state index in [1.807, 2.05) is 66.7 Å². The highest BCUT2D eigenvalue weighted by Gasteiger charge is 2.12. The number of hydrogen-bond acceptors (Lipinski definition) is 4. The summed E-state index contributed by atoms with van der Waals surface area (Å²) in [6.07, 6.45) is 0. The number of nitrogens with one attached hydrogen (secondary N) is 1. The lowest BCUT2D eigenvalue weighted by Crippen LogP contribution is -2.18. The van der Waals surface area contributed by atoms with Crippen molar-refractivity contribution >= 4 is 0 Å². The molecule has 0 bridgehead atoms. The number of benzene rings is 2. The molecular formula is C21H23NO3. The van der Waals surface area contributed by atoms with Gasteiger partial charge in [0, 0.05) is 17.7 Å². The fraction of sp³-hybridized carbons (Fsp3) is 0.238. The van der Waals surface area contributed by atoms with Gasteiger partial charge >= 0.3 is 0 Å². The van der Waals surface area contributed by atoms with Crippen molar-refractivity contribution in [2.45, 2.75) is 19.5 Å². The number of aliphatic hydroxyl groups is 1. The maximum absolute atomic E-state index is 8.93. The Morgan fingerprint density at radius 3 is 2.56 bits per heavy atom. The molecule has 0 saturated carbocycles. The molecule has 0 spiro atoms. The van der Waals surface area contributed by atoms with Crippen molar-refractivity contribution < 1.29 is 14.3 Å². The summed E-state index contributed by atoms with van der Waals surface area (Å²) in [6.45, 7) is 3.03. The second-order valence-electron chi connectivity index (χ2n) is 5.85. The van der Waals surface area contributed by atoms with Gasteiger partial charge in [0.25, 0.3) is 0 Å². The van der Waals surface area contributed by atoms with E-state index >= 15 is 0 Å². The normalized spacial score (nSPS) is 12.1. The third-order valence-corrected chi connectivity index (χ3v) is 4.03. The third kappa shape index (κ3) is 4.50. The van der Waals surface area contributed by atoms with Crippen molar-refractivity contribution in [1.29, 1.82) is 0 Å². The van der Waals surface area contributed by atoms with E-state index in [0.29, 0.717) is 13.2 Å². The van der Waals surface area contributed by atoms with E-state index < -0.39 is 0 Å². The first kappa shape index (κ1) is 17.3. The quantitative estimate of drug-likeness (QED) is 0.648. The minimum absolute atomic E-state index is 0.00677.